The number of hydrogen-bond donors (Lipinski definition) is 0. The van der Waals surface area contributed by atoms with E-state index in [1.54, 1.807) is 17.3 Å². The lowest BCUT2D eigenvalue weighted by Crippen LogP contribution is -2.31. The largest absolute Gasteiger partial charge is 0.492 e. The van der Waals surface area contributed by atoms with Gasteiger partial charge in [0.15, 0.2) is 5.13 Å². The van der Waals surface area contributed by atoms with E-state index in [1.807, 2.05) is 49.4 Å². The van der Waals surface area contributed by atoms with Crippen molar-refractivity contribution in [1.82, 2.24) is 9.97 Å². The van der Waals surface area contributed by atoms with E-state index in [1.165, 1.54) is 28.7 Å². The first-order chi connectivity index (χ1) is 15.1. The van der Waals surface area contributed by atoms with Crippen LogP contribution in [0.1, 0.15) is 18.1 Å². The molecule has 2 aromatic heterocycles. The summed E-state index contributed by atoms with van der Waals surface area (Å²) in [6.45, 7) is 4.99. The molecule has 0 N–H and O–H groups in total. The third-order valence-electron chi connectivity index (χ3n) is 4.65. The molecule has 0 aliphatic heterocycles. The van der Waals surface area contributed by atoms with E-state index in [4.69, 9.17) is 9.72 Å². The van der Waals surface area contributed by atoms with Gasteiger partial charge in [-0.2, -0.15) is 0 Å². The molecule has 5 nitrogen and oxygen atoms in total. The Kier molecular flexibility index (Phi) is 6.84. The van der Waals surface area contributed by atoms with Gasteiger partial charge in [0.2, 0.25) is 5.91 Å². The number of anilines is 1. The van der Waals surface area contributed by atoms with Gasteiger partial charge in [-0.15, -0.1) is 11.8 Å². The highest BCUT2D eigenvalue weighted by Gasteiger charge is 2.21. The third-order valence-corrected chi connectivity index (χ3v) is 6.69. The van der Waals surface area contributed by atoms with Gasteiger partial charge in [-0.25, -0.2) is 4.98 Å². The van der Waals surface area contributed by atoms with Crippen molar-refractivity contribution in [2.45, 2.75) is 25.3 Å². The highest BCUT2D eigenvalue weighted by Crippen LogP contribution is 2.35. The minimum atomic E-state index is 0.00597. The maximum absolute atomic E-state index is 13.3. The average Bonchev–Trinajstić information content (AvgIpc) is 3.23. The van der Waals surface area contributed by atoms with Gasteiger partial charge >= 0.3 is 0 Å². The number of aromatic nitrogens is 2. The summed E-state index contributed by atoms with van der Waals surface area (Å²) in [4.78, 5) is 25.1. The molecule has 2 aromatic carbocycles. The lowest BCUT2D eigenvalue weighted by Gasteiger charge is -2.19. The molecule has 0 atom stereocenters. The topological polar surface area (TPSA) is 55.3 Å². The molecular weight excluding hydrogens is 426 g/mol. The summed E-state index contributed by atoms with van der Waals surface area (Å²) in [7, 11) is 0. The molecular formula is C24H23N3O2S2. The van der Waals surface area contributed by atoms with Gasteiger partial charge in [0, 0.05) is 17.3 Å². The molecule has 0 bridgehead atoms. The van der Waals surface area contributed by atoms with Crippen LogP contribution in [0.3, 0.4) is 0 Å². The molecule has 0 fully saturated rings. The number of nitrogens with zero attached hydrogens (tertiary/aromatic N) is 3. The second kappa shape index (κ2) is 9.94. The van der Waals surface area contributed by atoms with Crippen LogP contribution in [-0.2, 0) is 11.3 Å². The van der Waals surface area contributed by atoms with Gasteiger partial charge in [-0.1, -0.05) is 41.2 Å². The van der Waals surface area contributed by atoms with Gasteiger partial charge in [0.05, 0.1) is 23.6 Å². The second-order valence-electron chi connectivity index (χ2n) is 6.98. The Labute approximate surface area is 190 Å². The Balaban J connectivity index is 1.62. The molecule has 2 heterocycles. The molecule has 0 spiro atoms. The lowest BCUT2D eigenvalue weighted by molar-refractivity contribution is -0.116. The van der Waals surface area contributed by atoms with E-state index in [0.717, 1.165) is 26.4 Å². The molecule has 0 aliphatic rings. The Morgan fingerprint density at radius 3 is 2.71 bits per heavy atom. The zero-order valence-electron chi connectivity index (χ0n) is 17.4. The highest BCUT2D eigenvalue weighted by molar-refractivity contribution is 8.00. The molecule has 0 unspecified atom stereocenters. The van der Waals surface area contributed by atoms with Crippen molar-refractivity contribution in [3.8, 4) is 5.75 Å². The molecule has 0 saturated heterocycles. The third kappa shape index (κ3) is 5.24. The van der Waals surface area contributed by atoms with Crippen LogP contribution in [0.5, 0.6) is 5.75 Å². The summed E-state index contributed by atoms with van der Waals surface area (Å²) in [6, 6.07) is 17.9. The van der Waals surface area contributed by atoms with Crippen molar-refractivity contribution >= 4 is 44.4 Å². The number of thioether (sulfide) groups is 1. The van der Waals surface area contributed by atoms with Crippen LogP contribution in [0, 0.1) is 6.92 Å². The summed E-state index contributed by atoms with van der Waals surface area (Å²) >= 11 is 3.04. The van der Waals surface area contributed by atoms with Gasteiger partial charge in [0.1, 0.15) is 11.3 Å². The van der Waals surface area contributed by atoms with Crippen molar-refractivity contribution in [2.24, 2.45) is 0 Å². The first-order valence-electron chi connectivity index (χ1n) is 10.0. The zero-order chi connectivity index (χ0) is 21.6. The van der Waals surface area contributed by atoms with Gasteiger partial charge in [-0.3, -0.25) is 14.7 Å². The molecule has 7 heteroatoms. The number of carbonyl (C=O) groups excluding carboxylic acids is 1. The Hall–Kier alpha value is -2.90. The summed E-state index contributed by atoms with van der Waals surface area (Å²) < 4.78 is 6.73. The smallest absolute Gasteiger partial charge is 0.239 e. The molecule has 0 aliphatic carbocycles. The van der Waals surface area contributed by atoms with Gasteiger partial charge in [0.25, 0.3) is 0 Å². The van der Waals surface area contributed by atoms with Crippen LogP contribution in [0.4, 0.5) is 5.13 Å². The van der Waals surface area contributed by atoms with Crippen LogP contribution >= 0.6 is 23.1 Å². The van der Waals surface area contributed by atoms with Crippen LogP contribution < -0.4 is 9.64 Å². The number of aryl methyl sites for hydroxylation is 1. The van der Waals surface area contributed by atoms with E-state index in [9.17, 15) is 4.79 Å². The molecule has 0 radical (unpaired) electrons. The first kappa shape index (κ1) is 21.3. The van der Waals surface area contributed by atoms with E-state index < -0.39 is 0 Å². The Bertz CT molecular complexity index is 1160. The number of ether oxygens (including phenoxy) is 1. The summed E-state index contributed by atoms with van der Waals surface area (Å²) in [5.41, 5.74) is 2.95. The Morgan fingerprint density at radius 1 is 1.13 bits per heavy atom. The maximum Gasteiger partial charge on any atom is 0.239 e. The number of thiazole rings is 1. The molecule has 0 saturated carbocycles. The molecule has 4 aromatic rings. The second-order valence-corrected chi connectivity index (χ2v) is 9.03. The number of rotatable bonds is 8. The van der Waals surface area contributed by atoms with Crippen molar-refractivity contribution in [2.75, 3.05) is 17.3 Å². The van der Waals surface area contributed by atoms with E-state index in [-0.39, 0.29) is 5.91 Å². The summed E-state index contributed by atoms with van der Waals surface area (Å²) in [6.07, 6.45) is 3.52. The van der Waals surface area contributed by atoms with Crippen molar-refractivity contribution in [3.05, 3.63) is 78.1 Å². The predicted molar refractivity (Wildman–Crippen MR) is 128 cm³/mol. The lowest BCUT2D eigenvalue weighted by atomic mass is 10.2. The maximum atomic E-state index is 13.3. The fourth-order valence-electron chi connectivity index (χ4n) is 3.09. The number of carbonyl (C=O) groups is 1. The van der Waals surface area contributed by atoms with Crippen LogP contribution in [0.25, 0.3) is 10.2 Å². The zero-order valence-corrected chi connectivity index (χ0v) is 19.1. The predicted octanol–water partition coefficient (Wildman–Crippen LogP) is 5.72. The van der Waals surface area contributed by atoms with Crippen LogP contribution in [-0.4, -0.2) is 28.2 Å². The molecule has 31 heavy (non-hydrogen) atoms. The molecule has 158 valence electrons. The van der Waals surface area contributed by atoms with Gasteiger partial charge < -0.3 is 4.74 Å². The van der Waals surface area contributed by atoms with Gasteiger partial charge in [-0.05, 0) is 49.7 Å². The number of hydrogen-bond acceptors (Lipinski definition) is 6. The van der Waals surface area contributed by atoms with Crippen molar-refractivity contribution in [3.63, 3.8) is 0 Å². The van der Waals surface area contributed by atoms with E-state index >= 15 is 0 Å². The van der Waals surface area contributed by atoms with Crippen molar-refractivity contribution < 1.29 is 9.53 Å². The minimum absolute atomic E-state index is 0.00597. The van der Waals surface area contributed by atoms with E-state index in [0.29, 0.717) is 24.0 Å². The SMILES string of the molecule is CCOc1cccc2sc(N(Cc3cccnc3)C(=O)CSc3ccc(C)cc3)nc12. The Morgan fingerprint density at radius 2 is 1.97 bits per heavy atom. The fraction of sp³-hybridized carbons (Fsp3) is 0.208. The standard InChI is InChI=1S/C24H23N3O2S2/c1-3-29-20-7-4-8-21-23(20)26-24(31-21)27(15-18-6-5-13-25-14-18)22(28)16-30-19-11-9-17(2)10-12-19/h4-14H,3,15-16H2,1-2H3. The number of fused-ring (bicyclic) bond motifs is 1. The summed E-state index contributed by atoms with van der Waals surface area (Å²) in [5.74, 6) is 1.08. The number of para-hydroxylation sites is 1. The van der Waals surface area contributed by atoms with E-state index in [2.05, 4.69) is 24.0 Å². The normalized spacial score (nSPS) is 10.9. The summed E-state index contributed by atoms with van der Waals surface area (Å²) in [5, 5.41) is 0.667. The number of benzene rings is 2. The quantitative estimate of drug-likeness (QED) is 0.322. The number of pyridine rings is 1. The monoisotopic (exact) mass is 449 g/mol. The molecule has 1 amide bonds. The average molecular weight is 450 g/mol. The molecule has 4 rings (SSSR count). The number of amides is 1. The van der Waals surface area contributed by atoms with Crippen LogP contribution in [0.15, 0.2) is 71.9 Å². The first-order valence-corrected chi connectivity index (χ1v) is 11.9. The van der Waals surface area contributed by atoms with Crippen LogP contribution in [0.2, 0.25) is 0 Å². The van der Waals surface area contributed by atoms with Crippen molar-refractivity contribution in [1.29, 1.82) is 0 Å². The minimum Gasteiger partial charge on any atom is -0.492 e. The highest BCUT2D eigenvalue weighted by atomic mass is 32.2. The fourth-order valence-corrected chi connectivity index (χ4v) is 4.87.